The molecule has 0 spiro atoms. The predicted molar refractivity (Wildman–Crippen MR) is 96.9 cm³/mol. The number of hydrogen-bond acceptors (Lipinski definition) is 2. The van der Waals surface area contributed by atoms with Crippen LogP contribution in [0.25, 0.3) is 11.0 Å². The van der Waals surface area contributed by atoms with Crippen molar-refractivity contribution >= 4 is 16.9 Å². The van der Waals surface area contributed by atoms with Crippen LogP contribution < -0.4 is 5.32 Å². The van der Waals surface area contributed by atoms with E-state index < -0.39 is 0 Å². The molecule has 3 aromatic rings. The molecule has 0 fully saturated rings. The van der Waals surface area contributed by atoms with Crippen molar-refractivity contribution < 1.29 is 9.18 Å². The lowest BCUT2D eigenvalue weighted by atomic mass is 10.2. The van der Waals surface area contributed by atoms with E-state index in [0.29, 0.717) is 5.56 Å². The van der Waals surface area contributed by atoms with Crippen LogP contribution in [0, 0.1) is 5.82 Å². The number of carbonyl (C=O) groups excluding carboxylic acids is 1. The van der Waals surface area contributed by atoms with Crippen molar-refractivity contribution in [2.75, 3.05) is 0 Å². The van der Waals surface area contributed by atoms with Gasteiger partial charge in [-0.3, -0.25) is 4.79 Å². The maximum Gasteiger partial charge on any atom is 0.251 e. The molecule has 0 aliphatic rings. The lowest BCUT2D eigenvalue weighted by Crippen LogP contribution is -2.28. The van der Waals surface area contributed by atoms with Crippen LogP contribution in [-0.2, 0) is 6.54 Å². The fourth-order valence-corrected chi connectivity index (χ4v) is 2.92. The molecule has 1 aromatic heterocycles. The molecule has 0 bridgehead atoms. The van der Waals surface area contributed by atoms with Crippen LogP contribution in [0.15, 0.2) is 48.5 Å². The zero-order valence-electron chi connectivity index (χ0n) is 14.5. The van der Waals surface area contributed by atoms with Gasteiger partial charge in [0.05, 0.1) is 17.1 Å². The Morgan fingerprint density at radius 2 is 1.92 bits per heavy atom. The number of imidazole rings is 1. The van der Waals surface area contributed by atoms with Crippen molar-refractivity contribution in [1.82, 2.24) is 14.9 Å². The van der Waals surface area contributed by atoms with Crippen LogP contribution in [0.4, 0.5) is 4.39 Å². The number of benzene rings is 2. The highest BCUT2D eigenvalue weighted by atomic mass is 19.1. The molecule has 5 heteroatoms. The van der Waals surface area contributed by atoms with Crippen LogP contribution in [0.3, 0.4) is 0 Å². The topological polar surface area (TPSA) is 46.9 Å². The summed E-state index contributed by atoms with van der Waals surface area (Å²) in [6.45, 7) is 4.94. The van der Waals surface area contributed by atoms with E-state index >= 15 is 0 Å². The number of fused-ring (bicyclic) bond motifs is 1. The summed E-state index contributed by atoms with van der Waals surface area (Å²) < 4.78 is 15.2. The molecule has 130 valence electrons. The highest BCUT2D eigenvalue weighted by Crippen LogP contribution is 2.22. The Labute approximate surface area is 146 Å². The zero-order chi connectivity index (χ0) is 17.8. The van der Waals surface area contributed by atoms with Gasteiger partial charge in [-0.05, 0) is 49.7 Å². The molecule has 0 saturated carbocycles. The van der Waals surface area contributed by atoms with E-state index in [1.165, 1.54) is 24.3 Å². The molecule has 1 unspecified atom stereocenters. The van der Waals surface area contributed by atoms with Gasteiger partial charge in [0, 0.05) is 12.1 Å². The minimum atomic E-state index is -0.356. The Morgan fingerprint density at radius 1 is 1.20 bits per heavy atom. The van der Waals surface area contributed by atoms with Crippen molar-refractivity contribution in [1.29, 1.82) is 0 Å². The summed E-state index contributed by atoms with van der Waals surface area (Å²) in [5.74, 6) is 0.248. The number of hydrogen-bond donors (Lipinski definition) is 1. The molecular weight excluding hydrogens is 317 g/mol. The van der Waals surface area contributed by atoms with E-state index in [-0.39, 0.29) is 17.8 Å². The van der Waals surface area contributed by atoms with Crippen LogP contribution in [0.2, 0.25) is 0 Å². The van der Waals surface area contributed by atoms with Gasteiger partial charge in [-0.25, -0.2) is 9.37 Å². The average Bonchev–Trinajstić information content (AvgIpc) is 2.99. The van der Waals surface area contributed by atoms with Gasteiger partial charge in [0.1, 0.15) is 11.6 Å². The molecule has 25 heavy (non-hydrogen) atoms. The summed E-state index contributed by atoms with van der Waals surface area (Å²) in [7, 11) is 0. The van der Waals surface area contributed by atoms with Crippen molar-refractivity contribution in [2.45, 2.75) is 39.3 Å². The monoisotopic (exact) mass is 339 g/mol. The fraction of sp³-hybridized carbons (Fsp3) is 0.300. The van der Waals surface area contributed by atoms with Crippen molar-refractivity contribution in [3.8, 4) is 0 Å². The maximum absolute atomic E-state index is 13.0. The highest BCUT2D eigenvalue weighted by molar-refractivity contribution is 5.94. The number of amides is 1. The number of unbranched alkanes of at least 4 members (excludes halogenated alkanes) is 1. The molecule has 1 heterocycles. The normalized spacial score (nSPS) is 12.3. The summed E-state index contributed by atoms with van der Waals surface area (Å²) in [6.07, 6.45) is 2.13. The number of nitrogens with one attached hydrogen (secondary N) is 1. The molecule has 1 atom stereocenters. The van der Waals surface area contributed by atoms with Crippen LogP contribution in [0.1, 0.15) is 48.9 Å². The van der Waals surface area contributed by atoms with E-state index in [4.69, 9.17) is 4.98 Å². The van der Waals surface area contributed by atoms with Gasteiger partial charge >= 0.3 is 0 Å². The van der Waals surface area contributed by atoms with Crippen LogP contribution >= 0.6 is 0 Å². The van der Waals surface area contributed by atoms with E-state index in [2.05, 4.69) is 22.9 Å². The fourth-order valence-electron chi connectivity index (χ4n) is 2.92. The predicted octanol–water partition coefficient (Wildman–Crippen LogP) is 4.47. The molecule has 0 aliphatic carbocycles. The second-order valence-corrected chi connectivity index (χ2v) is 6.17. The summed E-state index contributed by atoms with van der Waals surface area (Å²) in [5, 5.41) is 2.96. The Morgan fingerprint density at radius 3 is 2.64 bits per heavy atom. The van der Waals surface area contributed by atoms with E-state index in [1.54, 1.807) is 0 Å². The number of carbonyl (C=O) groups is 1. The van der Waals surface area contributed by atoms with Gasteiger partial charge in [-0.1, -0.05) is 25.5 Å². The third-order valence-corrected chi connectivity index (χ3v) is 4.26. The number of aryl methyl sites for hydroxylation is 1. The number of para-hydroxylation sites is 2. The first kappa shape index (κ1) is 17.1. The lowest BCUT2D eigenvalue weighted by Gasteiger charge is -2.16. The summed E-state index contributed by atoms with van der Waals surface area (Å²) in [5.41, 5.74) is 2.44. The van der Waals surface area contributed by atoms with Gasteiger partial charge in [0.15, 0.2) is 0 Å². The second-order valence-electron chi connectivity index (χ2n) is 6.17. The molecule has 0 radical (unpaired) electrons. The molecular formula is C20H22FN3O. The molecule has 3 rings (SSSR count). The Hall–Kier alpha value is -2.69. The van der Waals surface area contributed by atoms with E-state index in [1.807, 2.05) is 25.1 Å². The maximum atomic E-state index is 13.0. The Kier molecular flexibility index (Phi) is 5.12. The summed E-state index contributed by atoms with van der Waals surface area (Å²) in [4.78, 5) is 17.1. The quantitative estimate of drug-likeness (QED) is 0.720. The first-order chi connectivity index (χ1) is 12.1. The third kappa shape index (κ3) is 3.71. The molecule has 1 amide bonds. The van der Waals surface area contributed by atoms with E-state index in [0.717, 1.165) is 36.2 Å². The SMILES string of the molecule is CCCCn1c(C(C)NC(=O)c2ccc(F)cc2)nc2ccccc21. The van der Waals surface area contributed by atoms with Gasteiger partial charge in [0.2, 0.25) is 0 Å². The first-order valence-corrected chi connectivity index (χ1v) is 8.61. The summed E-state index contributed by atoms with van der Waals surface area (Å²) in [6, 6.07) is 13.3. The average molecular weight is 339 g/mol. The van der Waals surface area contributed by atoms with Gasteiger partial charge < -0.3 is 9.88 Å². The minimum Gasteiger partial charge on any atom is -0.342 e. The second kappa shape index (κ2) is 7.47. The Bertz CT molecular complexity index is 870. The van der Waals surface area contributed by atoms with Gasteiger partial charge in [0.25, 0.3) is 5.91 Å². The molecule has 2 aromatic carbocycles. The number of halogens is 1. The first-order valence-electron chi connectivity index (χ1n) is 8.61. The number of aromatic nitrogens is 2. The van der Waals surface area contributed by atoms with Gasteiger partial charge in [-0.15, -0.1) is 0 Å². The van der Waals surface area contributed by atoms with Crippen molar-refractivity contribution in [3.05, 3.63) is 65.7 Å². The zero-order valence-corrected chi connectivity index (χ0v) is 14.5. The molecule has 0 saturated heterocycles. The molecule has 0 aliphatic heterocycles. The molecule has 1 N–H and O–H groups in total. The Balaban J connectivity index is 1.86. The number of nitrogens with zero attached hydrogens (tertiary/aromatic N) is 2. The standard InChI is InChI=1S/C20H22FN3O/c1-3-4-13-24-18-8-6-5-7-17(18)23-19(24)14(2)22-20(25)15-9-11-16(21)12-10-15/h5-12,14H,3-4,13H2,1-2H3,(H,22,25). The highest BCUT2D eigenvalue weighted by Gasteiger charge is 2.18. The largest absolute Gasteiger partial charge is 0.342 e. The molecule has 4 nitrogen and oxygen atoms in total. The van der Waals surface area contributed by atoms with Crippen molar-refractivity contribution in [2.24, 2.45) is 0 Å². The van der Waals surface area contributed by atoms with Crippen LogP contribution in [-0.4, -0.2) is 15.5 Å². The third-order valence-electron chi connectivity index (χ3n) is 4.26. The van der Waals surface area contributed by atoms with Gasteiger partial charge in [-0.2, -0.15) is 0 Å². The summed E-state index contributed by atoms with van der Waals surface area (Å²) >= 11 is 0. The lowest BCUT2D eigenvalue weighted by molar-refractivity contribution is 0.0937. The van der Waals surface area contributed by atoms with Crippen LogP contribution in [0.5, 0.6) is 0 Å². The minimum absolute atomic E-state index is 0.235. The number of rotatable bonds is 6. The smallest absolute Gasteiger partial charge is 0.251 e. The van der Waals surface area contributed by atoms with Crippen molar-refractivity contribution in [3.63, 3.8) is 0 Å². The van der Waals surface area contributed by atoms with E-state index in [9.17, 15) is 9.18 Å².